The van der Waals surface area contributed by atoms with Gasteiger partial charge in [-0.2, -0.15) is 0 Å². The van der Waals surface area contributed by atoms with Crippen molar-refractivity contribution in [3.05, 3.63) is 45.9 Å². The molecule has 0 unspecified atom stereocenters. The fraction of sp³-hybridized carbons (Fsp3) is 0.167. The van der Waals surface area contributed by atoms with E-state index in [1.54, 1.807) is 0 Å². The van der Waals surface area contributed by atoms with Gasteiger partial charge in [0.15, 0.2) is 0 Å². The lowest BCUT2D eigenvalue weighted by molar-refractivity contribution is 0.557. The second-order valence-corrected chi connectivity index (χ2v) is 7.13. The Kier molecular flexibility index (Phi) is 3.88. The van der Waals surface area contributed by atoms with Gasteiger partial charge in [0, 0.05) is 22.0 Å². The molecule has 7 heteroatoms. The summed E-state index contributed by atoms with van der Waals surface area (Å²) >= 11 is 1.49. The summed E-state index contributed by atoms with van der Waals surface area (Å²) in [6, 6.07) is 7.24. The monoisotopic (exact) mass is 300 g/mol. The van der Waals surface area contributed by atoms with Crippen LogP contribution in [0.15, 0.2) is 35.2 Å². The number of sulfonamides is 1. The minimum absolute atomic E-state index is 0.144. The fourth-order valence-electron chi connectivity index (χ4n) is 1.56. The van der Waals surface area contributed by atoms with Gasteiger partial charge < -0.3 is 5.73 Å². The second kappa shape index (κ2) is 5.28. The zero-order valence-corrected chi connectivity index (χ0v) is 11.8. The van der Waals surface area contributed by atoms with Crippen LogP contribution in [0.3, 0.4) is 0 Å². The van der Waals surface area contributed by atoms with E-state index < -0.39 is 20.7 Å². The van der Waals surface area contributed by atoms with Gasteiger partial charge in [-0.25, -0.2) is 17.5 Å². The van der Waals surface area contributed by atoms with Crippen molar-refractivity contribution < 1.29 is 12.8 Å². The second-order valence-electron chi connectivity index (χ2n) is 4.03. The van der Waals surface area contributed by atoms with Gasteiger partial charge in [-0.1, -0.05) is 0 Å². The molecule has 0 saturated heterocycles. The van der Waals surface area contributed by atoms with E-state index in [4.69, 9.17) is 5.73 Å². The lowest BCUT2D eigenvalue weighted by atomic mass is 10.3. The zero-order chi connectivity index (χ0) is 14.0. The SMILES string of the molecule is Cc1ccc(CNS(=O)(=O)c2ccc(N)cc2F)s1. The molecule has 102 valence electrons. The Morgan fingerprint density at radius 1 is 1.32 bits per heavy atom. The first-order chi connectivity index (χ1) is 8.88. The van der Waals surface area contributed by atoms with E-state index in [9.17, 15) is 12.8 Å². The lowest BCUT2D eigenvalue weighted by Crippen LogP contribution is -2.23. The Morgan fingerprint density at radius 3 is 2.63 bits per heavy atom. The van der Waals surface area contributed by atoms with Crippen molar-refractivity contribution in [3.63, 3.8) is 0 Å². The molecule has 3 N–H and O–H groups in total. The molecule has 0 spiro atoms. The van der Waals surface area contributed by atoms with Gasteiger partial charge in [-0.15, -0.1) is 11.3 Å². The molecule has 2 rings (SSSR count). The molecule has 0 aliphatic heterocycles. The van der Waals surface area contributed by atoms with Gasteiger partial charge in [0.05, 0.1) is 0 Å². The van der Waals surface area contributed by atoms with Gasteiger partial charge in [0.2, 0.25) is 10.0 Å². The highest BCUT2D eigenvalue weighted by atomic mass is 32.2. The molecule has 0 saturated carbocycles. The molecule has 0 aliphatic carbocycles. The molecule has 4 nitrogen and oxygen atoms in total. The standard InChI is InChI=1S/C12H13FN2O2S2/c1-8-2-4-10(18-8)7-15-19(16,17)12-5-3-9(14)6-11(12)13/h2-6,15H,7,14H2,1H3. The average Bonchev–Trinajstić information content (AvgIpc) is 2.72. The number of nitrogen functional groups attached to an aromatic ring is 1. The third-order valence-corrected chi connectivity index (χ3v) is 4.91. The Labute approximate surface area is 115 Å². The highest BCUT2D eigenvalue weighted by Gasteiger charge is 2.18. The van der Waals surface area contributed by atoms with Crippen LogP contribution in [0.5, 0.6) is 0 Å². The van der Waals surface area contributed by atoms with Gasteiger partial charge in [0.1, 0.15) is 10.7 Å². The minimum Gasteiger partial charge on any atom is -0.399 e. The van der Waals surface area contributed by atoms with Crippen LogP contribution in [0.1, 0.15) is 9.75 Å². The average molecular weight is 300 g/mol. The Morgan fingerprint density at radius 2 is 2.05 bits per heavy atom. The molecular formula is C12H13FN2O2S2. The van der Waals surface area contributed by atoms with Gasteiger partial charge in [-0.3, -0.25) is 0 Å². The smallest absolute Gasteiger partial charge is 0.243 e. The molecule has 2 aromatic rings. The highest BCUT2D eigenvalue weighted by molar-refractivity contribution is 7.89. The molecule has 19 heavy (non-hydrogen) atoms. The van der Waals surface area contributed by atoms with Crippen LogP contribution >= 0.6 is 11.3 Å². The Balaban J connectivity index is 2.18. The topological polar surface area (TPSA) is 72.2 Å². The molecular weight excluding hydrogens is 287 g/mol. The van der Waals surface area contributed by atoms with E-state index in [0.717, 1.165) is 21.9 Å². The Bertz CT molecular complexity index is 696. The molecule has 1 heterocycles. The molecule has 0 aliphatic rings. The third-order valence-electron chi connectivity index (χ3n) is 2.48. The van der Waals surface area contributed by atoms with E-state index in [-0.39, 0.29) is 12.2 Å². The summed E-state index contributed by atoms with van der Waals surface area (Å²) in [7, 11) is -3.87. The van der Waals surface area contributed by atoms with Crippen LogP contribution in [0.25, 0.3) is 0 Å². The third kappa shape index (κ3) is 3.31. The zero-order valence-electron chi connectivity index (χ0n) is 10.2. The van der Waals surface area contributed by atoms with Crippen molar-refractivity contribution in [1.82, 2.24) is 4.72 Å². The molecule has 0 radical (unpaired) electrons. The number of hydrogen-bond donors (Lipinski definition) is 2. The summed E-state index contributed by atoms with van der Waals surface area (Å²) in [6.07, 6.45) is 0. The summed E-state index contributed by atoms with van der Waals surface area (Å²) in [6.45, 7) is 2.08. The summed E-state index contributed by atoms with van der Waals surface area (Å²) in [5, 5.41) is 0. The molecule has 0 fully saturated rings. The van der Waals surface area contributed by atoms with E-state index in [1.165, 1.54) is 17.4 Å². The van der Waals surface area contributed by atoms with Crippen LogP contribution in [0, 0.1) is 12.7 Å². The number of hydrogen-bond acceptors (Lipinski definition) is 4. The normalized spacial score (nSPS) is 11.7. The summed E-state index contributed by atoms with van der Waals surface area (Å²) in [5.74, 6) is -0.852. The van der Waals surface area contributed by atoms with Crippen molar-refractivity contribution in [2.45, 2.75) is 18.4 Å². The Hall–Kier alpha value is -1.44. The molecule has 1 aromatic carbocycles. The van der Waals surface area contributed by atoms with Gasteiger partial charge >= 0.3 is 0 Å². The molecule has 0 amide bonds. The quantitative estimate of drug-likeness (QED) is 0.851. The first-order valence-electron chi connectivity index (χ1n) is 5.48. The maximum atomic E-state index is 13.6. The lowest BCUT2D eigenvalue weighted by Gasteiger charge is -2.07. The summed E-state index contributed by atoms with van der Waals surface area (Å²) in [5.41, 5.74) is 5.57. The van der Waals surface area contributed by atoms with E-state index in [2.05, 4.69) is 4.72 Å². The van der Waals surface area contributed by atoms with Crippen LogP contribution in [-0.4, -0.2) is 8.42 Å². The number of nitrogens with two attached hydrogens (primary N) is 1. The summed E-state index contributed by atoms with van der Waals surface area (Å²) < 4.78 is 39.9. The van der Waals surface area contributed by atoms with Crippen LogP contribution in [0.2, 0.25) is 0 Å². The maximum absolute atomic E-state index is 13.6. The number of thiophene rings is 1. The van der Waals surface area contributed by atoms with Crippen molar-refractivity contribution >= 4 is 27.0 Å². The first-order valence-corrected chi connectivity index (χ1v) is 7.78. The first kappa shape index (κ1) is 14.0. The predicted octanol–water partition coefficient (Wildman–Crippen LogP) is 2.26. The molecule has 1 aromatic heterocycles. The van der Waals surface area contributed by atoms with Crippen molar-refractivity contribution in [2.24, 2.45) is 0 Å². The van der Waals surface area contributed by atoms with Crippen molar-refractivity contribution in [2.75, 3.05) is 5.73 Å². The summed E-state index contributed by atoms with van der Waals surface area (Å²) in [4.78, 5) is 1.57. The predicted molar refractivity (Wildman–Crippen MR) is 73.9 cm³/mol. The molecule has 0 atom stereocenters. The van der Waals surface area contributed by atoms with E-state index >= 15 is 0 Å². The highest BCUT2D eigenvalue weighted by Crippen LogP contribution is 2.19. The van der Waals surface area contributed by atoms with Gasteiger partial charge in [0.25, 0.3) is 0 Å². The van der Waals surface area contributed by atoms with Gasteiger partial charge in [-0.05, 0) is 37.3 Å². The number of rotatable bonds is 4. The number of nitrogens with one attached hydrogen (secondary N) is 1. The number of benzene rings is 1. The number of anilines is 1. The van der Waals surface area contributed by atoms with E-state index in [0.29, 0.717) is 0 Å². The minimum atomic E-state index is -3.87. The van der Waals surface area contributed by atoms with E-state index in [1.807, 2.05) is 19.1 Å². The van der Waals surface area contributed by atoms with Crippen LogP contribution < -0.4 is 10.5 Å². The number of aryl methyl sites for hydroxylation is 1. The van der Waals surface area contributed by atoms with Crippen molar-refractivity contribution in [3.8, 4) is 0 Å². The van der Waals surface area contributed by atoms with Crippen molar-refractivity contribution in [1.29, 1.82) is 0 Å². The maximum Gasteiger partial charge on any atom is 0.243 e. The largest absolute Gasteiger partial charge is 0.399 e. The van der Waals surface area contributed by atoms with Crippen LogP contribution in [-0.2, 0) is 16.6 Å². The molecule has 0 bridgehead atoms. The fourth-order valence-corrected chi connectivity index (χ4v) is 3.54. The van der Waals surface area contributed by atoms with Crippen LogP contribution in [0.4, 0.5) is 10.1 Å². The number of halogens is 1.